The molecule has 0 bridgehead atoms. The zero-order valence-corrected chi connectivity index (χ0v) is 7.53. The molecule has 1 N–H and O–H groups in total. The van der Waals surface area contributed by atoms with Crippen molar-refractivity contribution in [3.05, 3.63) is 41.5 Å². The number of aryl methyl sites for hydroxylation is 1. The largest absolute Gasteiger partial charge is 0.478 e. The van der Waals surface area contributed by atoms with E-state index in [2.05, 4.69) is 0 Å². The lowest BCUT2D eigenvalue weighted by atomic mass is 10.1. The zero-order chi connectivity index (χ0) is 9.68. The van der Waals surface area contributed by atoms with Crippen LogP contribution in [0.15, 0.2) is 30.3 Å². The second-order valence-corrected chi connectivity index (χ2v) is 2.72. The van der Waals surface area contributed by atoms with Crippen molar-refractivity contribution in [1.82, 2.24) is 0 Å². The van der Waals surface area contributed by atoms with Gasteiger partial charge in [-0.25, -0.2) is 4.79 Å². The minimum atomic E-state index is -0.911. The lowest BCUT2D eigenvalue weighted by Gasteiger charge is -2.00. The summed E-state index contributed by atoms with van der Waals surface area (Å²) in [5.41, 5.74) is 2.15. The number of aliphatic carboxylic acids is 1. The highest BCUT2D eigenvalue weighted by Gasteiger charge is 1.95. The second-order valence-electron chi connectivity index (χ2n) is 2.72. The Morgan fingerprint density at radius 1 is 1.46 bits per heavy atom. The smallest absolute Gasteiger partial charge is 0.328 e. The van der Waals surface area contributed by atoms with Crippen LogP contribution in [0.25, 0.3) is 6.08 Å². The Morgan fingerprint density at radius 3 is 2.77 bits per heavy atom. The van der Waals surface area contributed by atoms with E-state index >= 15 is 0 Å². The van der Waals surface area contributed by atoms with E-state index in [-0.39, 0.29) is 0 Å². The molecule has 0 aromatic heterocycles. The molecule has 0 radical (unpaired) electrons. The molecule has 0 saturated carbocycles. The molecule has 0 spiro atoms. The van der Waals surface area contributed by atoms with E-state index in [1.54, 1.807) is 6.08 Å². The third-order valence-corrected chi connectivity index (χ3v) is 1.84. The molecule has 1 rings (SSSR count). The minimum Gasteiger partial charge on any atom is -0.478 e. The molecule has 13 heavy (non-hydrogen) atoms. The number of carboxylic acid groups (broad SMARTS) is 1. The third-order valence-electron chi connectivity index (χ3n) is 1.84. The first kappa shape index (κ1) is 9.52. The first-order valence-corrected chi connectivity index (χ1v) is 4.23. The van der Waals surface area contributed by atoms with Crippen molar-refractivity contribution in [2.75, 3.05) is 0 Å². The van der Waals surface area contributed by atoms with Crippen LogP contribution in [-0.4, -0.2) is 11.1 Å². The van der Waals surface area contributed by atoms with Gasteiger partial charge in [-0.3, -0.25) is 0 Å². The average molecular weight is 176 g/mol. The highest BCUT2D eigenvalue weighted by Crippen LogP contribution is 2.10. The lowest BCUT2D eigenvalue weighted by molar-refractivity contribution is -0.131. The summed E-state index contributed by atoms with van der Waals surface area (Å²) < 4.78 is 0. The van der Waals surface area contributed by atoms with Crippen LogP contribution in [-0.2, 0) is 11.2 Å². The van der Waals surface area contributed by atoms with Gasteiger partial charge < -0.3 is 5.11 Å². The van der Waals surface area contributed by atoms with Gasteiger partial charge >= 0.3 is 5.97 Å². The van der Waals surface area contributed by atoms with Gasteiger partial charge in [0.1, 0.15) is 0 Å². The van der Waals surface area contributed by atoms with Crippen molar-refractivity contribution < 1.29 is 9.90 Å². The van der Waals surface area contributed by atoms with Crippen molar-refractivity contribution in [2.24, 2.45) is 0 Å². The summed E-state index contributed by atoms with van der Waals surface area (Å²) in [7, 11) is 0. The van der Waals surface area contributed by atoms with Crippen molar-refractivity contribution in [1.29, 1.82) is 0 Å². The standard InChI is InChI=1S/C11H12O2/c1-2-9-5-3-4-6-10(9)7-8-11(12)13/h3-8H,2H2,1H3,(H,12,13)/b8-7-. The van der Waals surface area contributed by atoms with E-state index in [4.69, 9.17) is 5.11 Å². The van der Waals surface area contributed by atoms with E-state index in [1.807, 2.05) is 31.2 Å². The molecule has 68 valence electrons. The van der Waals surface area contributed by atoms with Gasteiger partial charge in [0.15, 0.2) is 0 Å². The molecule has 0 aliphatic carbocycles. The molecule has 0 atom stereocenters. The Kier molecular flexibility index (Phi) is 3.26. The quantitative estimate of drug-likeness (QED) is 0.718. The van der Waals surface area contributed by atoms with Gasteiger partial charge in [-0.2, -0.15) is 0 Å². The molecule has 0 unspecified atom stereocenters. The maximum atomic E-state index is 10.3. The number of carboxylic acids is 1. The van der Waals surface area contributed by atoms with Gasteiger partial charge in [0.25, 0.3) is 0 Å². The van der Waals surface area contributed by atoms with E-state index in [0.29, 0.717) is 0 Å². The molecule has 0 saturated heterocycles. The van der Waals surface area contributed by atoms with Gasteiger partial charge in [-0.05, 0) is 23.6 Å². The summed E-state index contributed by atoms with van der Waals surface area (Å²) in [6.45, 7) is 2.05. The molecule has 1 aromatic carbocycles. The predicted octanol–water partition coefficient (Wildman–Crippen LogP) is 2.35. The van der Waals surface area contributed by atoms with E-state index in [1.165, 1.54) is 5.56 Å². The number of rotatable bonds is 3. The first-order chi connectivity index (χ1) is 6.24. The van der Waals surface area contributed by atoms with Crippen LogP contribution in [0.2, 0.25) is 0 Å². The summed E-state index contributed by atoms with van der Waals surface area (Å²) >= 11 is 0. The lowest BCUT2D eigenvalue weighted by Crippen LogP contribution is -1.88. The fraction of sp³-hybridized carbons (Fsp3) is 0.182. The van der Waals surface area contributed by atoms with Crippen molar-refractivity contribution in [3.8, 4) is 0 Å². The van der Waals surface area contributed by atoms with Crippen molar-refractivity contribution in [3.63, 3.8) is 0 Å². The Bertz CT molecular complexity index is 327. The van der Waals surface area contributed by atoms with Crippen molar-refractivity contribution in [2.45, 2.75) is 13.3 Å². The highest BCUT2D eigenvalue weighted by atomic mass is 16.4. The number of hydrogen-bond acceptors (Lipinski definition) is 1. The van der Waals surface area contributed by atoms with Crippen LogP contribution in [0.1, 0.15) is 18.1 Å². The minimum absolute atomic E-state index is 0.911. The molecular weight excluding hydrogens is 164 g/mol. The van der Waals surface area contributed by atoms with Gasteiger partial charge in [0.05, 0.1) is 0 Å². The highest BCUT2D eigenvalue weighted by molar-refractivity contribution is 5.85. The Labute approximate surface area is 77.5 Å². The van der Waals surface area contributed by atoms with Crippen LogP contribution in [0, 0.1) is 0 Å². The molecule has 0 aliphatic rings. The Morgan fingerprint density at radius 2 is 2.15 bits per heavy atom. The Balaban J connectivity index is 2.93. The third kappa shape index (κ3) is 2.75. The summed E-state index contributed by atoms with van der Waals surface area (Å²) in [6, 6.07) is 7.78. The van der Waals surface area contributed by atoms with E-state index in [0.717, 1.165) is 18.1 Å². The van der Waals surface area contributed by atoms with Crippen LogP contribution in [0.4, 0.5) is 0 Å². The van der Waals surface area contributed by atoms with Crippen LogP contribution in [0.3, 0.4) is 0 Å². The molecule has 0 fully saturated rings. The average Bonchev–Trinajstić information content (AvgIpc) is 2.15. The normalized spacial score (nSPS) is 10.5. The molecule has 2 nitrogen and oxygen atoms in total. The summed E-state index contributed by atoms with van der Waals surface area (Å²) in [5, 5.41) is 8.45. The maximum absolute atomic E-state index is 10.3. The number of carbonyl (C=O) groups is 1. The van der Waals surface area contributed by atoms with Gasteiger partial charge in [-0.15, -0.1) is 0 Å². The van der Waals surface area contributed by atoms with E-state index in [9.17, 15) is 4.79 Å². The fourth-order valence-corrected chi connectivity index (χ4v) is 1.18. The molecule has 1 aromatic rings. The maximum Gasteiger partial charge on any atom is 0.328 e. The first-order valence-electron chi connectivity index (χ1n) is 4.23. The monoisotopic (exact) mass is 176 g/mol. The topological polar surface area (TPSA) is 37.3 Å². The zero-order valence-electron chi connectivity index (χ0n) is 7.53. The van der Waals surface area contributed by atoms with Crippen LogP contribution >= 0.6 is 0 Å². The second kappa shape index (κ2) is 4.45. The van der Waals surface area contributed by atoms with E-state index < -0.39 is 5.97 Å². The molecular formula is C11H12O2. The summed E-state index contributed by atoms with van der Waals surface area (Å²) in [5.74, 6) is -0.911. The Hall–Kier alpha value is -1.57. The predicted molar refractivity (Wildman–Crippen MR) is 52.5 cm³/mol. The molecule has 2 heteroatoms. The number of hydrogen-bond donors (Lipinski definition) is 1. The fourth-order valence-electron chi connectivity index (χ4n) is 1.18. The molecule has 0 heterocycles. The SMILES string of the molecule is CCc1ccccc1/C=C\C(=O)O. The van der Waals surface area contributed by atoms with Gasteiger partial charge in [0, 0.05) is 6.08 Å². The molecule has 0 aliphatic heterocycles. The van der Waals surface area contributed by atoms with Crippen molar-refractivity contribution >= 4 is 12.0 Å². The van der Waals surface area contributed by atoms with Gasteiger partial charge in [0.2, 0.25) is 0 Å². The summed E-state index contributed by atoms with van der Waals surface area (Å²) in [6.07, 6.45) is 3.70. The van der Waals surface area contributed by atoms with Crippen LogP contribution < -0.4 is 0 Å². The van der Waals surface area contributed by atoms with Gasteiger partial charge in [-0.1, -0.05) is 31.2 Å². The molecule has 0 amide bonds. The summed E-state index contributed by atoms with van der Waals surface area (Å²) in [4.78, 5) is 10.3. The number of benzene rings is 1. The van der Waals surface area contributed by atoms with Crippen LogP contribution in [0.5, 0.6) is 0 Å².